The first-order valence-corrected chi connectivity index (χ1v) is 6.80. The summed E-state index contributed by atoms with van der Waals surface area (Å²) in [4.78, 5) is 11.9. The molecule has 1 aromatic rings. The molecule has 2 unspecified atom stereocenters. The molecule has 1 aliphatic carbocycles. The van der Waals surface area contributed by atoms with Crippen LogP contribution in [0.15, 0.2) is 30.3 Å². The average molecular weight is 274 g/mol. The zero-order chi connectivity index (χ0) is 14.8. The number of hydrogen-bond donors (Lipinski definition) is 2. The Kier molecular flexibility index (Phi) is 4.14. The van der Waals surface area contributed by atoms with Crippen molar-refractivity contribution in [1.29, 1.82) is 0 Å². The fourth-order valence-corrected chi connectivity index (χ4v) is 2.53. The molecular formula is C16H22N2O2. The smallest absolute Gasteiger partial charge is 0.244 e. The lowest BCUT2D eigenvalue weighted by atomic mass is 9.64. The molecule has 0 heterocycles. The summed E-state index contributed by atoms with van der Waals surface area (Å²) in [6.45, 7) is 4.22. The number of benzene rings is 1. The maximum absolute atomic E-state index is 11.9. The van der Waals surface area contributed by atoms with E-state index < -0.39 is 0 Å². The number of nitrogen functional groups attached to an aromatic ring is 1. The third kappa shape index (κ3) is 3.02. The normalized spacial score (nSPS) is 24.4. The van der Waals surface area contributed by atoms with Gasteiger partial charge < -0.3 is 15.8 Å². The van der Waals surface area contributed by atoms with Gasteiger partial charge in [0, 0.05) is 30.3 Å². The van der Waals surface area contributed by atoms with Gasteiger partial charge in [0.25, 0.3) is 0 Å². The van der Waals surface area contributed by atoms with Crippen LogP contribution in [0.2, 0.25) is 0 Å². The number of carbonyl (C=O) groups excluding carboxylic acids is 1. The Balaban J connectivity index is 1.89. The first-order valence-electron chi connectivity index (χ1n) is 6.80. The molecule has 1 aliphatic rings. The highest BCUT2D eigenvalue weighted by atomic mass is 16.5. The summed E-state index contributed by atoms with van der Waals surface area (Å²) in [5, 5.41) is 3.02. The molecule has 0 spiro atoms. The molecule has 4 heteroatoms. The van der Waals surface area contributed by atoms with Crippen LogP contribution in [0, 0.1) is 5.41 Å². The van der Waals surface area contributed by atoms with Crippen molar-refractivity contribution in [1.82, 2.24) is 5.32 Å². The van der Waals surface area contributed by atoms with Crippen LogP contribution in [0.1, 0.15) is 25.8 Å². The van der Waals surface area contributed by atoms with Crippen molar-refractivity contribution in [3.63, 3.8) is 0 Å². The number of nitrogens with one attached hydrogen (secondary N) is 1. The van der Waals surface area contributed by atoms with Crippen LogP contribution in [0.3, 0.4) is 0 Å². The zero-order valence-electron chi connectivity index (χ0n) is 12.2. The molecule has 0 aliphatic heterocycles. The van der Waals surface area contributed by atoms with Crippen molar-refractivity contribution in [2.24, 2.45) is 5.41 Å². The van der Waals surface area contributed by atoms with Gasteiger partial charge >= 0.3 is 0 Å². The summed E-state index contributed by atoms with van der Waals surface area (Å²) >= 11 is 0. The maximum atomic E-state index is 11.9. The van der Waals surface area contributed by atoms with E-state index in [1.165, 1.54) is 0 Å². The molecular weight excluding hydrogens is 252 g/mol. The van der Waals surface area contributed by atoms with Gasteiger partial charge in [0.15, 0.2) is 0 Å². The molecule has 1 saturated carbocycles. The fraction of sp³-hybridized carbons (Fsp3) is 0.438. The molecule has 4 nitrogen and oxygen atoms in total. The molecule has 108 valence electrons. The molecule has 20 heavy (non-hydrogen) atoms. The maximum Gasteiger partial charge on any atom is 0.244 e. The number of rotatable bonds is 4. The summed E-state index contributed by atoms with van der Waals surface area (Å²) in [6.07, 6.45) is 4.43. The highest BCUT2D eigenvalue weighted by Crippen LogP contribution is 2.42. The summed E-state index contributed by atoms with van der Waals surface area (Å²) < 4.78 is 5.37. The predicted molar refractivity (Wildman–Crippen MR) is 81.0 cm³/mol. The van der Waals surface area contributed by atoms with Gasteiger partial charge in [0.2, 0.25) is 5.91 Å². The van der Waals surface area contributed by atoms with Crippen LogP contribution >= 0.6 is 0 Å². The van der Waals surface area contributed by atoms with Gasteiger partial charge in [-0.25, -0.2) is 0 Å². The molecule has 0 saturated heterocycles. The number of nitrogens with two attached hydrogens (primary N) is 1. The van der Waals surface area contributed by atoms with Crippen LogP contribution < -0.4 is 11.1 Å². The van der Waals surface area contributed by atoms with E-state index in [1.54, 1.807) is 19.3 Å². The second-order valence-electron chi connectivity index (χ2n) is 5.84. The number of methoxy groups -OCH3 is 1. The number of carbonyl (C=O) groups is 1. The second kappa shape index (κ2) is 5.67. The van der Waals surface area contributed by atoms with Gasteiger partial charge in [-0.1, -0.05) is 26.0 Å². The minimum atomic E-state index is -0.0746. The summed E-state index contributed by atoms with van der Waals surface area (Å²) in [7, 11) is 1.71. The third-order valence-electron chi connectivity index (χ3n) is 4.14. The van der Waals surface area contributed by atoms with E-state index in [4.69, 9.17) is 10.5 Å². The number of amides is 1. The van der Waals surface area contributed by atoms with Crippen LogP contribution in [-0.4, -0.2) is 25.2 Å². The van der Waals surface area contributed by atoms with Crippen molar-refractivity contribution >= 4 is 17.7 Å². The van der Waals surface area contributed by atoms with E-state index in [9.17, 15) is 4.79 Å². The number of hydrogen-bond acceptors (Lipinski definition) is 3. The van der Waals surface area contributed by atoms with Crippen molar-refractivity contribution in [2.75, 3.05) is 12.8 Å². The van der Waals surface area contributed by atoms with Crippen LogP contribution in [-0.2, 0) is 9.53 Å². The SMILES string of the molecule is COC1CC(NC(=O)/C=C/c2ccc(N)cc2)C1(C)C. The van der Waals surface area contributed by atoms with Gasteiger partial charge in [-0.3, -0.25) is 4.79 Å². The third-order valence-corrected chi connectivity index (χ3v) is 4.14. The van der Waals surface area contributed by atoms with E-state index >= 15 is 0 Å². The summed E-state index contributed by atoms with van der Waals surface area (Å²) in [6, 6.07) is 7.56. The van der Waals surface area contributed by atoms with E-state index in [1.807, 2.05) is 24.3 Å². The van der Waals surface area contributed by atoms with Gasteiger partial charge in [-0.2, -0.15) is 0 Å². The van der Waals surface area contributed by atoms with Crippen LogP contribution in [0.4, 0.5) is 5.69 Å². The Morgan fingerprint density at radius 1 is 1.40 bits per heavy atom. The molecule has 1 amide bonds. The molecule has 0 aromatic heterocycles. The highest BCUT2D eigenvalue weighted by Gasteiger charge is 2.48. The second-order valence-corrected chi connectivity index (χ2v) is 5.84. The minimum Gasteiger partial charge on any atom is -0.399 e. The van der Waals surface area contributed by atoms with Gasteiger partial charge in [-0.15, -0.1) is 0 Å². The van der Waals surface area contributed by atoms with Crippen LogP contribution in [0.25, 0.3) is 6.08 Å². The lowest BCUT2D eigenvalue weighted by molar-refractivity contribution is -0.128. The summed E-state index contributed by atoms with van der Waals surface area (Å²) in [5.41, 5.74) is 7.27. The van der Waals surface area contributed by atoms with Gasteiger partial charge in [-0.05, 0) is 30.2 Å². The van der Waals surface area contributed by atoms with Crippen molar-refractivity contribution < 1.29 is 9.53 Å². The highest BCUT2D eigenvalue weighted by molar-refractivity contribution is 5.92. The standard InChI is InChI=1S/C16H22N2O2/c1-16(2)13(10-14(16)20-3)18-15(19)9-6-11-4-7-12(17)8-5-11/h4-9,13-14H,10,17H2,1-3H3,(H,18,19)/b9-6+. The van der Waals surface area contributed by atoms with Gasteiger partial charge in [0.1, 0.15) is 0 Å². The Morgan fingerprint density at radius 3 is 2.60 bits per heavy atom. The van der Waals surface area contributed by atoms with E-state index in [0.717, 1.165) is 12.0 Å². The Hall–Kier alpha value is -1.81. The Bertz CT molecular complexity index is 506. The van der Waals surface area contributed by atoms with Crippen molar-refractivity contribution in [3.8, 4) is 0 Å². The molecule has 1 aromatic carbocycles. The quantitative estimate of drug-likeness (QED) is 0.653. The van der Waals surface area contributed by atoms with E-state index in [0.29, 0.717) is 5.69 Å². The fourth-order valence-electron chi connectivity index (χ4n) is 2.53. The van der Waals surface area contributed by atoms with Gasteiger partial charge in [0.05, 0.1) is 6.10 Å². The predicted octanol–water partition coefficient (Wildman–Crippen LogP) is 2.21. The first kappa shape index (κ1) is 14.6. The molecule has 3 N–H and O–H groups in total. The lowest BCUT2D eigenvalue weighted by Crippen LogP contribution is -2.61. The van der Waals surface area contributed by atoms with E-state index in [2.05, 4.69) is 19.2 Å². The van der Waals surface area contributed by atoms with Crippen molar-refractivity contribution in [3.05, 3.63) is 35.9 Å². The lowest BCUT2D eigenvalue weighted by Gasteiger charge is -2.51. The summed E-state index contributed by atoms with van der Waals surface area (Å²) in [5.74, 6) is -0.0746. The number of ether oxygens (including phenoxy) is 1. The van der Waals surface area contributed by atoms with E-state index in [-0.39, 0.29) is 23.5 Å². The van der Waals surface area contributed by atoms with Crippen LogP contribution in [0.5, 0.6) is 0 Å². The first-order chi connectivity index (χ1) is 9.43. The monoisotopic (exact) mass is 274 g/mol. The minimum absolute atomic E-state index is 0.0144. The number of anilines is 1. The molecule has 2 atom stereocenters. The topological polar surface area (TPSA) is 64.3 Å². The van der Waals surface area contributed by atoms with Crippen molar-refractivity contribution in [2.45, 2.75) is 32.4 Å². The Morgan fingerprint density at radius 2 is 2.05 bits per heavy atom. The molecule has 0 bridgehead atoms. The largest absolute Gasteiger partial charge is 0.399 e. The molecule has 0 radical (unpaired) electrons. The molecule has 1 fully saturated rings. The zero-order valence-corrected chi connectivity index (χ0v) is 12.2. The molecule has 2 rings (SSSR count). The average Bonchev–Trinajstić information content (AvgIpc) is 2.42. The Labute approximate surface area is 120 Å².